The lowest BCUT2D eigenvalue weighted by Crippen LogP contribution is -2.47. The zero-order chi connectivity index (χ0) is 22.1. The maximum absolute atomic E-state index is 13.5. The van der Waals surface area contributed by atoms with Gasteiger partial charge in [-0.1, -0.05) is 24.3 Å². The molecule has 3 heterocycles. The molecule has 1 fully saturated rings. The lowest BCUT2D eigenvalue weighted by molar-refractivity contribution is 0.0622. The minimum Gasteiger partial charge on any atom is -0.367 e. The Morgan fingerprint density at radius 1 is 1.00 bits per heavy atom. The summed E-state index contributed by atoms with van der Waals surface area (Å²) in [6.07, 6.45) is 6.03. The first-order chi connectivity index (χ1) is 15.6. The largest absolute Gasteiger partial charge is 0.367 e. The normalized spacial score (nSPS) is 16.4. The van der Waals surface area contributed by atoms with Crippen LogP contribution >= 0.6 is 0 Å². The Labute approximate surface area is 183 Å². The standard InChI is InChI=1S/C24H21F2N5O/c25-18-10-20-21(11-19(18)26)30-23(14-28-20)29-13-17-7-3-4-8-31(17)24(32)22-9-15-5-1-2-6-16(15)12-27-22/h1-2,5-6,9-12,14,17H,3-4,7-8,13H2,(H,29,30). The molecule has 1 aliphatic rings. The monoisotopic (exact) mass is 433 g/mol. The predicted molar refractivity (Wildman–Crippen MR) is 118 cm³/mol. The van der Waals surface area contributed by atoms with Crippen molar-refractivity contribution in [1.29, 1.82) is 0 Å². The fraction of sp³-hybridized carbons (Fsp3) is 0.250. The summed E-state index contributed by atoms with van der Waals surface area (Å²) in [6.45, 7) is 1.14. The number of rotatable bonds is 4. The molecular formula is C24H21F2N5O. The number of piperidine rings is 1. The molecule has 0 aliphatic carbocycles. The second kappa shape index (κ2) is 8.45. The molecule has 0 bridgehead atoms. The van der Waals surface area contributed by atoms with Crippen LogP contribution < -0.4 is 5.32 Å². The fourth-order valence-electron chi connectivity index (χ4n) is 4.14. The van der Waals surface area contributed by atoms with E-state index in [1.807, 2.05) is 35.2 Å². The number of nitrogens with zero attached hydrogens (tertiary/aromatic N) is 4. The molecule has 2 aromatic carbocycles. The lowest BCUT2D eigenvalue weighted by Gasteiger charge is -2.35. The second-order valence-corrected chi connectivity index (χ2v) is 7.96. The number of amides is 1. The maximum atomic E-state index is 13.5. The van der Waals surface area contributed by atoms with Gasteiger partial charge in [-0.2, -0.15) is 0 Å². The van der Waals surface area contributed by atoms with Gasteiger partial charge in [0.05, 0.1) is 17.2 Å². The third kappa shape index (κ3) is 3.95. The van der Waals surface area contributed by atoms with Gasteiger partial charge in [0.25, 0.3) is 5.91 Å². The molecule has 1 saturated heterocycles. The smallest absolute Gasteiger partial charge is 0.272 e. The van der Waals surface area contributed by atoms with Crippen molar-refractivity contribution in [2.75, 3.05) is 18.4 Å². The van der Waals surface area contributed by atoms with E-state index >= 15 is 0 Å². The zero-order valence-electron chi connectivity index (χ0n) is 17.3. The van der Waals surface area contributed by atoms with Crippen LogP contribution in [-0.4, -0.2) is 44.9 Å². The van der Waals surface area contributed by atoms with Crippen LogP contribution in [0, 0.1) is 11.6 Å². The highest BCUT2D eigenvalue weighted by Gasteiger charge is 2.28. The summed E-state index contributed by atoms with van der Waals surface area (Å²) in [6, 6.07) is 11.7. The summed E-state index contributed by atoms with van der Waals surface area (Å²) >= 11 is 0. The molecule has 5 rings (SSSR count). The first kappa shape index (κ1) is 20.2. The fourth-order valence-corrected chi connectivity index (χ4v) is 4.14. The number of carbonyl (C=O) groups excluding carboxylic acids is 1. The number of hydrogen-bond acceptors (Lipinski definition) is 5. The molecular weight excluding hydrogens is 412 g/mol. The summed E-state index contributed by atoms with van der Waals surface area (Å²) < 4.78 is 26.9. The molecule has 6 nitrogen and oxygen atoms in total. The number of aromatic nitrogens is 3. The van der Waals surface area contributed by atoms with E-state index in [1.54, 1.807) is 6.20 Å². The van der Waals surface area contributed by atoms with Gasteiger partial charge in [0.1, 0.15) is 11.5 Å². The van der Waals surface area contributed by atoms with Crippen molar-refractivity contribution in [2.24, 2.45) is 0 Å². The van der Waals surface area contributed by atoms with E-state index < -0.39 is 11.6 Å². The molecule has 2 aromatic heterocycles. The molecule has 1 N–H and O–H groups in total. The summed E-state index contributed by atoms with van der Waals surface area (Å²) in [5.41, 5.74) is 0.982. The van der Waals surface area contributed by atoms with Crippen LogP contribution in [0.1, 0.15) is 29.8 Å². The van der Waals surface area contributed by atoms with Crippen molar-refractivity contribution in [2.45, 2.75) is 25.3 Å². The average molecular weight is 433 g/mol. The van der Waals surface area contributed by atoms with Gasteiger partial charge in [-0.15, -0.1) is 0 Å². The Morgan fingerprint density at radius 3 is 2.62 bits per heavy atom. The van der Waals surface area contributed by atoms with Crippen molar-refractivity contribution in [3.05, 3.63) is 72.2 Å². The van der Waals surface area contributed by atoms with Crippen LogP contribution in [0.3, 0.4) is 0 Å². The highest BCUT2D eigenvalue weighted by atomic mass is 19.2. The van der Waals surface area contributed by atoms with E-state index in [1.165, 1.54) is 6.20 Å². The number of carbonyl (C=O) groups is 1. The quantitative estimate of drug-likeness (QED) is 0.511. The highest BCUT2D eigenvalue weighted by Crippen LogP contribution is 2.22. The molecule has 162 valence electrons. The summed E-state index contributed by atoms with van der Waals surface area (Å²) in [5, 5.41) is 5.17. The van der Waals surface area contributed by atoms with Gasteiger partial charge in [-0.05, 0) is 30.7 Å². The molecule has 1 atom stereocenters. The number of fused-ring (bicyclic) bond motifs is 2. The SMILES string of the molecule is O=C(c1cc2ccccc2cn1)N1CCCCC1CNc1cnc2cc(F)c(F)cc2n1. The summed E-state index contributed by atoms with van der Waals surface area (Å²) in [7, 11) is 0. The number of benzene rings is 2. The van der Waals surface area contributed by atoms with Gasteiger partial charge in [0, 0.05) is 42.8 Å². The third-order valence-corrected chi connectivity index (χ3v) is 5.84. The first-order valence-electron chi connectivity index (χ1n) is 10.6. The summed E-state index contributed by atoms with van der Waals surface area (Å²) in [5.74, 6) is -1.56. The number of pyridine rings is 1. The van der Waals surface area contributed by atoms with E-state index in [-0.39, 0.29) is 23.0 Å². The number of anilines is 1. The molecule has 1 aliphatic heterocycles. The maximum Gasteiger partial charge on any atom is 0.272 e. The van der Waals surface area contributed by atoms with Gasteiger partial charge in [-0.25, -0.2) is 13.8 Å². The van der Waals surface area contributed by atoms with Crippen molar-refractivity contribution < 1.29 is 13.6 Å². The number of nitrogens with one attached hydrogen (secondary N) is 1. The Bertz CT molecular complexity index is 1310. The van der Waals surface area contributed by atoms with E-state index in [0.29, 0.717) is 24.6 Å². The van der Waals surface area contributed by atoms with Crippen molar-refractivity contribution >= 4 is 33.5 Å². The molecule has 1 unspecified atom stereocenters. The highest BCUT2D eigenvalue weighted by molar-refractivity contribution is 5.96. The Morgan fingerprint density at radius 2 is 1.78 bits per heavy atom. The lowest BCUT2D eigenvalue weighted by atomic mass is 10.0. The second-order valence-electron chi connectivity index (χ2n) is 7.96. The van der Waals surface area contributed by atoms with Gasteiger partial charge in [0.2, 0.25) is 0 Å². The molecule has 8 heteroatoms. The average Bonchev–Trinajstić information content (AvgIpc) is 2.83. The van der Waals surface area contributed by atoms with Gasteiger partial charge < -0.3 is 10.2 Å². The third-order valence-electron chi connectivity index (χ3n) is 5.84. The summed E-state index contributed by atoms with van der Waals surface area (Å²) in [4.78, 5) is 28.0. The van der Waals surface area contributed by atoms with E-state index in [2.05, 4.69) is 20.3 Å². The van der Waals surface area contributed by atoms with E-state index in [9.17, 15) is 13.6 Å². The van der Waals surface area contributed by atoms with Gasteiger partial charge in [-0.3, -0.25) is 14.8 Å². The van der Waals surface area contributed by atoms with Crippen molar-refractivity contribution in [1.82, 2.24) is 19.9 Å². The Balaban J connectivity index is 1.33. The van der Waals surface area contributed by atoms with Crippen LogP contribution in [0.2, 0.25) is 0 Å². The molecule has 32 heavy (non-hydrogen) atoms. The molecule has 1 amide bonds. The number of likely N-dealkylation sites (tertiary alicyclic amines) is 1. The van der Waals surface area contributed by atoms with Crippen LogP contribution in [0.4, 0.5) is 14.6 Å². The van der Waals surface area contributed by atoms with Crippen molar-refractivity contribution in [3.63, 3.8) is 0 Å². The van der Waals surface area contributed by atoms with Gasteiger partial charge in [0.15, 0.2) is 11.6 Å². The van der Waals surface area contributed by atoms with Crippen LogP contribution in [0.5, 0.6) is 0 Å². The zero-order valence-corrected chi connectivity index (χ0v) is 17.3. The predicted octanol–water partition coefficient (Wildman–Crippen LogP) is 4.56. The number of hydrogen-bond donors (Lipinski definition) is 1. The first-order valence-corrected chi connectivity index (χ1v) is 10.6. The Hall–Kier alpha value is -3.68. The molecule has 0 radical (unpaired) electrons. The van der Waals surface area contributed by atoms with Crippen LogP contribution in [0.25, 0.3) is 21.8 Å². The topological polar surface area (TPSA) is 71.0 Å². The van der Waals surface area contributed by atoms with Crippen molar-refractivity contribution in [3.8, 4) is 0 Å². The van der Waals surface area contributed by atoms with Crippen LogP contribution in [-0.2, 0) is 0 Å². The minimum atomic E-state index is -0.962. The van der Waals surface area contributed by atoms with E-state index in [0.717, 1.165) is 42.2 Å². The molecule has 0 spiro atoms. The van der Waals surface area contributed by atoms with Crippen LogP contribution in [0.15, 0.2) is 54.9 Å². The minimum absolute atomic E-state index is 0.0352. The Kier molecular flexibility index (Phi) is 5.34. The number of halogens is 2. The van der Waals surface area contributed by atoms with Gasteiger partial charge >= 0.3 is 0 Å². The molecule has 4 aromatic rings. The molecule has 0 saturated carbocycles. The van der Waals surface area contributed by atoms with E-state index in [4.69, 9.17) is 0 Å².